The maximum absolute atomic E-state index is 12.4. The van der Waals surface area contributed by atoms with Crippen molar-refractivity contribution >= 4 is 17.6 Å². The van der Waals surface area contributed by atoms with E-state index in [1.807, 2.05) is 20.0 Å². The van der Waals surface area contributed by atoms with Gasteiger partial charge in [0.1, 0.15) is 0 Å². The van der Waals surface area contributed by atoms with E-state index < -0.39 is 0 Å². The van der Waals surface area contributed by atoms with E-state index in [-0.39, 0.29) is 17.8 Å². The Kier molecular flexibility index (Phi) is 5.55. The summed E-state index contributed by atoms with van der Waals surface area (Å²) in [4.78, 5) is 26.5. The van der Waals surface area contributed by atoms with Crippen LogP contribution in [-0.4, -0.2) is 43.5 Å². The molecule has 1 atom stereocenters. The second-order valence-corrected chi connectivity index (χ2v) is 5.79. The second-order valence-electron chi connectivity index (χ2n) is 5.79. The zero-order chi connectivity index (χ0) is 16.1. The molecule has 1 fully saturated rings. The van der Waals surface area contributed by atoms with Crippen LogP contribution in [0.4, 0.5) is 5.69 Å². The molecule has 5 nitrogen and oxygen atoms in total. The van der Waals surface area contributed by atoms with Crippen molar-refractivity contribution in [2.45, 2.75) is 26.7 Å². The van der Waals surface area contributed by atoms with Crippen LogP contribution < -0.4 is 5.32 Å². The average Bonchev–Trinajstić information content (AvgIpc) is 2.49. The van der Waals surface area contributed by atoms with Gasteiger partial charge in [0.2, 0.25) is 5.91 Å². The molecular weight excluding hydrogens is 280 g/mol. The summed E-state index contributed by atoms with van der Waals surface area (Å²) < 4.78 is 5.04. The molecule has 1 heterocycles. The summed E-state index contributed by atoms with van der Waals surface area (Å²) in [6.45, 7) is 5.76. The number of carbonyl (C=O) groups excluding carboxylic acids is 2. The van der Waals surface area contributed by atoms with Gasteiger partial charge >= 0.3 is 5.97 Å². The molecule has 0 spiro atoms. The maximum atomic E-state index is 12.4. The summed E-state index contributed by atoms with van der Waals surface area (Å²) in [5.74, 6) is -0.325. The number of esters is 1. The maximum Gasteiger partial charge on any atom is 0.338 e. The minimum Gasteiger partial charge on any atom is -0.462 e. The van der Waals surface area contributed by atoms with Crippen LogP contribution in [0, 0.1) is 12.8 Å². The fraction of sp³-hybridized carbons (Fsp3) is 0.529. The quantitative estimate of drug-likeness (QED) is 0.868. The van der Waals surface area contributed by atoms with Gasteiger partial charge in [-0.15, -0.1) is 0 Å². The third-order valence-corrected chi connectivity index (χ3v) is 4.08. The molecule has 0 saturated carbocycles. The van der Waals surface area contributed by atoms with Crippen LogP contribution in [-0.2, 0) is 9.53 Å². The lowest BCUT2D eigenvalue weighted by Crippen LogP contribution is -2.38. The fourth-order valence-corrected chi connectivity index (χ4v) is 2.82. The number of nitrogens with one attached hydrogen (secondary N) is 1. The molecule has 1 aliphatic heterocycles. The van der Waals surface area contributed by atoms with Crippen molar-refractivity contribution < 1.29 is 14.3 Å². The Labute approximate surface area is 131 Å². The van der Waals surface area contributed by atoms with Crippen LogP contribution in [0.3, 0.4) is 0 Å². The van der Waals surface area contributed by atoms with Gasteiger partial charge in [0, 0.05) is 12.2 Å². The Morgan fingerprint density at radius 1 is 1.41 bits per heavy atom. The van der Waals surface area contributed by atoms with Gasteiger partial charge in [0.05, 0.1) is 18.1 Å². The molecule has 0 bridgehead atoms. The number of amides is 1. The van der Waals surface area contributed by atoms with Gasteiger partial charge in [-0.2, -0.15) is 0 Å². The number of carbonyl (C=O) groups is 2. The SMILES string of the molecule is CCOC(=O)c1cccc(NC(=O)[C@H]2CCCN(C)C2)c1C. The van der Waals surface area contributed by atoms with Crippen molar-refractivity contribution in [3.63, 3.8) is 0 Å². The highest BCUT2D eigenvalue weighted by Crippen LogP contribution is 2.22. The summed E-state index contributed by atoms with van der Waals surface area (Å²) in [6.07, 6.45) is 1.95. The molecule has 0 aliphatic carbocycles. The molecule has 22 heavy (non-hydrogen) atoms. The first-order valence-corrected chi connectivity index (χ1v) is 7.79. The lowest BCUT2D eigenvalue weighted by atomic mass is 9.97. The van der Waals surface area contributed by atoms with Gasteiger partial charge in [-0.05, 0) is 58.0 Å². The van der Waals surface area contributed by atoms with E-state index in [4.69, 9.17) is 4.74 Å². The van der Waals surface area contributed by atoms with Gasteiger partial charge in [-0.25, -0.2) is 4.79 Å². The van der Waals surface area contributed by atoms with Crippen LogP contribution in [0.25, 0.3) is 0 Å². The van der Waals surface area contributed by atoms with Crippen molar-refractivity contribution in [3.05, 3.63) is 29.3 Å². The summed E-state index contributed by atoms with van der Waals surface area (Å²) in [7, 11) is 2.03. The van der Waals surface area contributed by atoms with Gasteiger partial charge in [-0.3, -0.25) is 4.79 Å². The van der Waals surface area contributed by atoms with E-state index in [1.54, 1.807) is 19.1 Å². The third kappa shape index (κ3) is 3.85. The summed E-state index contributed by atoms with van der Waals surface area (Å²) in [6, 6.07) is 5.31. The Balaban J connectivity index is 2.11. The lowest BCUT2D eigenvalue weighted by Gasteiger charge is -2.29. The smallest absolute Gasteiger partial charge is 0.338 e. The van der Waals surface area contributed by atoms with Crippen LogP contribution in [0.15, 0.2) is 18.2 Å². The molecule has 0 aromatic heterocycles. The Hall–Kier alpha value is -1.88. The van der Waals surface area contributed by atoms with Crippen LogP contribution >= 0.6 is 0 Å². The molecule has 1 aromatic rings. The summed E-state index contributed by atoms with van der Waals surface area (Å²) in [5, 5.41) is 2.96. The van der Waals surface area contributed by atoms with Gasteiger partial charge < -0.3 is 15.0 Å². The third-order valence-electron chi connectivity index (χ3n) is 4.08. The van der Waals surface area contributed by atoms with E-state index >= 15 is 0 Å². The van der Waals surface area contributed by atoms with Crippen molar-refractivity contribution in [2.24, 2.45) is 5.92 Å². The zero-order valence-electron chi connectivity index (χ0n) is 13.5. The Morgan fingerprint density at radius 2 is 2.18 bits per heavy atom. The average molecular weight is 304 g/mol. The van der Waals surface area contributed by atoms with Crippen LogP contribution in [0.5, 0.6) is 0 Å². The zero-order valence-corrected chi connectivity index (χ0v) is 13.5. The molecule has 5 heteroatoms. The standard InChI is InChI=1S/C17H24N2O3/c1-4-22-17(21)14-8-5-9-15(12(14)2)18-16(20)13-7-6-10-19(3)11-13/h5,8-9,13H,4,6-7,10-11H2,1-3H3,(H,18,20)/t13-/m0/s1. The minimum absolute atomic E-state index is 0.00407. The molecule has 1 aromatic carbocycles. The molecule has 1 amide bonds. The van der Waals surface area contributed by atoms with Crippen molar-refractivity contribution in [1.29, 1.82) is 0 Å². The first kappa shape index (κ1) is 16.5. The van der Waals surface area contributed by atoms with Crippen LogP contribution in [0.1, 0.15) is 35.7 Å². The van der Waals surface area contributed by atoms with E-state index in [0.717, 1.165) is 31.5 Å². The topological polar surface area (TPSA) is 58.6 Å². The Morgan fingerprint density at radius 3 is 2.86 bits per heavy atom. The predicted octanol–water partition coefficient (Wildman–Crippen LogP) is 2.45. The van der Waals surface area contributed by atoms with Crippen molar-refractivity contribution in [3.8, 4) is 0 Å². The van der Waals surface area contributed by atoms with Crippen molar-refractivity contribution in [1.82, 2.24) is 4.90 Å². The normalized spacial score (nSPS) is 18.8. The van der Waals surface area contributed by atoms with E-state index in [1.165, 1.54) is 0 Å². The Bertz CT molecular complexity index is 557. The van der Waals surface area contributed by atoms with E-state index in [2.05, 4.69) is 10.2 Å². The number of hydrogen-bond donors (Lipinski definition) is 1. The summed E-state index contributed by atoms with van der Waals surface area (Å²) in [5.41, 5.74) is 1.93. The van der Waals surface area contributed by atoms with Gasteiger partial charge in [0.15, 0.2) is 0 Å². The second kappa shape index (κ2) is 7.40. The predicted molar refractivity (Wildman–Crippen MR) is 86.0 cm³/mol. The fourth-order valence-electron chi connectivity index (χ4n) is 2.82. The largest absolute Gasteiger partial charge is 0.462 e. The van der Waals surface area contributed by atoms with E-state index in [0.29, 0.717) is 17.9 Å². The highest BCUT2D eigenvalue weighted by atomic mass is 16.5. The number of likely N-dealkylation sites (tertiary alicyclic amines) is 1. The minimum atomic E-state index is -0.353. The molecule has 120 valence electrons. The number of anilines is 1. The number of rotatable bonds is 4. The van der Waals surface area contributed by atoms with Gasteiger partial charge in [-0.1, -0.05) is 6.07 Å². The number of ether oxygens (including phenoxy) is 1. The summed E-state index contributed by atoms with van der Waals surface area (Å²) >= 11 is 0. The highest BCUT2D eigenvalue weighted by molar-refractivity contribution is 5.97. The number of hydrogen-bond acceptors (Lipinski definition) is 4. The van der Waals surface area contributed by atoms with E-state index in [9.17, 15) is 9.59 Å². The highest BCUT2D eigenvalue weighted by Gasteiger charge is 2.24. The molecule has 2 rings (SSSR count). The molecule has 1 N–H and O–H groups in total. The number of nitrogens with zero attached hydrogens (tertiary/aromatic N) is 1. The number of benzene rings is 1. The lowest BCUT2D eigenvalue weighted by molar-refractivity contribution is -0.121. The molecule has 1 saturated heterocycles. The number of piperidine rings is 1. The first-order chi connectivity index (χ1) is 10.5. The monoisotopic (exact) mass is 304 g/mol. The molecular formula is C17H24N2O3. The van der Waals surface area contributed by atoms with Gasteiger partial charge in [0.25, 0.3) is 0 Å². The van der Waals surface area contributed by atoms with Crippen LogP contribution in [0.2, 0.25) is 0 Å². The first-order valence-electron chi connectivity index (χ1n) is 7.79. The van der Waals surface area contributed by atoms with Crippen molar-refractivity contribution in [2.75, 3.05) is 32.1 Å². The molecule has 0 radical (unpaired) electrons. The molecule has 0 unspecified atom stereocenters. The molecule has 1 aliphatic rings.